The molecule has 1 aromatic rings. The number of aromatic nitrogens is 1. The highest BCUT2D eigenvalue weighted by Crippen LogP contribution is 2.65. The summed E-state index contributed by atoms with van der Waals surface area (Å²) in [6.45, 7) is 5.79. The minimum atomic E-state index is 0.159. The van der Waals surface area contributed by atoms with Crippen molar-refractivity contribution in [1.29, 1.82) is 0 Å². The average Bonchev–Trinajstić information content (AvgIpc) is 2.93. The van der Waals surface area contributed by atoms with E-state index in [4.69, 9.17) is 0 Å². The van der Waals surface area contributed by atoms with Crippen LogP contribution in [0.4, 0.5) is 0 Å². The molecule has 3 fully saturated rings. The van der Waals surface area contributed by atoms with Crippen LogP contribution < -0.4 is 5.32 Å². The van der Waals surface area contributed by atoms with E-state index in [0.29, 0.717) is 23.2 Å². The first-order valence-electron chi connectivity index (χ1n) is 10.6. The molecule has 3 nitrogen and oxygen atoms in total. The molecule has 2 saturated carbocycles. The number of carbonyl (C=O) groups is 1. The number of hydrogen-bond donors (Lipinski definition) is 1. The second-order valence-corrected chi connectivity index (χ2v) is 9.61. The quantitative estimate of drug-likeness (QED) is 0.782. The molecule has 142 valence electrons. The SMILES string of the molecule is C[C@]12CC[C@H]3[C@@H](CC[C@H]4CC(=O)NCC[C@@]43C)C1=CC=C2c1cccnc1. The summed E-state index contributed by atoms with van der Waals surface area (Å²) < 4.78 is 0. The van der Waals surface area contributed by atoms with E-state index < -0.39 is 0 Å². The number of nitrogens with one attached hydrogen (secondary N) is 1. The van der Waals surface area contributed by atoms with Gasteiger partial charge in [0.2, 0.25) is 5.91 Å². The maximum Gasteiger partial charge on any atom is 0.220 e. The van der Waals surface area contributed by atoms with Crippen LogP contribution in [0.3, 0.4) is 0 Å². The van der Waals surface area contributed by atoms with Gasteiger partial charge in [0.1, 0.15) is 0 Å². The van der Waals surface area contributed by atoms with Crippen molar-refractivity contribution in [3.05, 3.63) is 47.8 Å². The zero-order valence-electron chi connectivity index (χ0n) is 16.5. The molecule has 1 aliphatic heterocycles. The van der Waals surface area contributed by atoms with Crippen LogP contribution in [0.25, 0.3) is 5.57 Å². The highest BCUT2D eigenvalue weighted by molar-refractivity contribution is 5.78. The third-order valence-corrected chi connectivity index (χ3v) is 8.50. The Bertz CT molecular complexity index is 826. The lowest BCUT2D eigenvalue weighted by Gasteiger charge is -2.56. The standard InChI is InChI=1S/C24H30N2O/c1-23-11-13-26-22(27)14-17(23)5-6-18-20-8-7-19(16-4-3-12-25-15-16)24(20,2)10-9-21(18)23/h3-4,7-8,12,15,17-18,21H,5-6,9-11,13-14H2,1-2H3,(H,26,27)/t17-,18-,21-,23-,24+/m0/s1. The summed E-state index contributed by atoms with van der Waals surface area (Å²) in [7, 11) is 0. The third-order valence-electron chi connectivity index (χ3n) is 8.50. The van der Waals surface area contributed by atoms with Crippen molar-refractivity contribution in [1.82, 2.24) is 10.3 Å². The fraction of sp³-hybridized carbons (Fsp3) is 0.583. The molecule has 0 radical (unpaired) electrons. The maximum absolute atomic E-state index is 12.1. The van der Waals surface area contributed by atoms with Gasteiger partial charge in [0.25, 0.3) is 0 Å². The maximum atomic E-state index is 12.1. The molecule has 27 heavy (non-hydrogen) atoms. The normalized spacial score (nSPS) is 40.7. The summed E-state index contributed by atoms with van der Waals surface area (Å²) in [5, 5.41) is 3.13. The Morgan fingerprint density at radius 3 is 2.85 bits per heavy atom. The number of carbonyl (C=O) groups excluding carboxylic acids is 1. The van der Waals surface area contributed by atoms with E-state index in [2.05, 4.69) is 42.4 Å². The van der Waals surface area contributed by atoms with E-state index in [-0.39, 0.29) is 11.3 Å². The number of amides is 1. The van der Waals surface area contributed by atoms with Crippen LogP contribution in [-0.4, -0.2) is 17.4 Å². The van der Waals surface area contributed by atoms with Crippen LogP contribution in [0.1, 0.15) is 57.9 Å². The Balaban J connectivity index is 1.47. The van der Waals surface area contributed by atoms with Crippen molar-refractivity contribution in [2.75, 3.05) is 6.54 Å². The molecule has 0 unspecified atom stereocenters. The van der Waals surface area contributed by atoms with Gasteiger partial charge in [-0.2, -0.15) is 0 Å². The fourth-order valence-corrected chi connectivity index (χ4v) is 6.96. The second-order valence-electron chi connectivity index (χ2n) is 9.61. The number of rotatable bonds is 1. The molecule has 2 heterocycles. The smallest absolute Gasteiger partial charge is 0.220 e. The molecule has 0 spiro atoms. The van der Waals surface area contributed by atoms with Gasteiger partial charge in [-0.1, -0.05) is 37.6 Å². The van der Waals surface area contributed by atoms with Crippen molar-refractivity contribution >= 4 is 11.5 Å². The number of fused-ring (bicyclic) bond motifs is 5. The van der Waals surface area contributed by atoms with E-state index in [1.807, 2.05) is 18.5 Å². The third kappa shape index (κ3) is 2.47. The van der Waals surface area contributed by atoms with Gasteiger partial charge in [-0.25, -0.2) is 0 Å². The van der Waals surface area contributed by atoms with Gasteiger partial charge in [0.05, 0.1) is 0 Å². The monoisotopic (exact) mass is 362 g/mol. The first-order valence-corrected chi connectivity index (χ1v) is 10.6. The summed E-state index contributed by atoms with van der Waals surface area (Å²) in [4.78, 5) is 16.5. The Labute approximate surface area is 162 Å². The molecule has 0 bridgehead atoms. The molecule has 3 heteroatoms. The van der Waals surface area contributed by atoms with E-state index in [9.17, 15) is 4.79 Å². The molecule has 5 rings (SSSR count). The first kappa shape index (κ1) is 17.2. The summed E-state index contributed by atoms with van der Waals surface area (Å²) in [6, 6.07) is 4.25. The highest BCUT2D eigenvalue weighted by atomic mass is 16.1. The van der Waals surface area contributed by atoms with E-state index in [0.717, 1.165) is 19.4 Å². The molecule has 1 amide bonds. The van der Waals surface area contributed by atoms with Crippen molar-refractivity contribution in [3.63, 3.8) is 0 Å². The van der Waals surface area contributed by atoms with Crippen LogP contribution in [0.15, 0.2) is 42.3 Å². The largest absolute Gasteiger partial charge is 0.356 e. The van der Waals surface area contributed by atoms with Crippen LogP contribution in [-0.2, 0) is 4.79 Å². The van der Waals surface area contributed by atoms with Gasteiger partial charge < -0.3 is 5.32 Å². The lowest BCUT2D eigenvalue weighted by Crippen LogP contribution is -2.48. The first-order chi connectivity index (χ1) is 13.0. The lowest BCUT2D eigenvalue weighted by molar-refractivity contribution is -0.123. The van der Waals surface area contributed by atoms with Gasteiger partial charge in [0.15, 0.2) is 0 Å². The van der Waals surface area contributed by atoms with Gasteiger partial charge in [0, 0.05) is 30.8 Å². The van der Waals surface area contributed by atoms with Gasteiger partial charge in [-0.15, -0.1) is 0 Å². The van der Waals surface area contributed by atoms with Crippen LogP contribution >= 0.6 is 0 Å². The van der Waals surface area contributed by atoms with Crippen molar-refractivity contribution < 1.29 is 4.79 Å². The van der Waals surface area contributed by atoms with E-state index in [1.54, 1.807) is 5.57 Å². The molecular formula is C24H30N2O. The van der Waals surface area contributed by atoms with E-state index >= 15 is 0 Å². The Morgan fingerprint density at radius 2 is 2.04 bits per heavy atom. The lowest BCUT2D eigenvalue weighted by atomic mass is 9.47. The van der Waals surface area contributed by atoms with Crippen molar-refractivity contribution in [2.24, 2.45) is 28.6 Å². The number of nitrogens with zero attached hydrogens (tertiary/aromatic N) is 1. The fourth-order valence-electron chi connectivity index (χ4n) is 6.96. The molecule has 1 saturated heterocycles. The molecule has 0 aromatic carbocycles. The molecule has 3 aliphatic carbocycles. The van der Waals surface area contributed by atoms with Gasteiger partial charge >= 0.3 is 0 Å². The molecule has 5 atom stereocenters. The van der Waals surface area contributed by atoms with Crippen LogP contribution in [0, 0.1) is 28.6 Å². The number of pyridine rings is 1. The zero-order valence-corrected chi connectivity index (χ0v) is 16.5. The number of allylic oxidation sites excluding steroid dienone is 4. The predicted molar refractivity (Wildman–Crippen MR) is 108 cm³/mol. The summed E-state index contributed by atoms with van der Waals surface area (Å²) in [5.41, 5.74) is 4.83. The minimum Gasteiger partial charge on any atom is -0.356 e. The Morgan fingerprint density at radius 1 is 1.15 bits per heavy atom. The molecule has 1 N–H and O–H groups in total. The molecule has 4 aliphatic rings. The van der Waals surface area contributed by atoms with E-state index in [1.165, 1.54) is 36.8 Å². The predicted octanol–water partition coefficient (Wildman–Crippen LogP) is 4.76. The molecule has 1 aromatic heterocycles. The average molecular weight is 363 g/mol. The topological polar surface area (TPSA) is 42.0 Å². The van der Waals surface area contributed by atoms with Gasteiger partial charge in [-0.3, -0.25) is 9.78 Å². The van der Waals surface area contributed by atoms with Gasteiger partial charge in [-0.05, 0) is 72.5 Å². The number of hydrogen-bond acceptors (Lipinski definition) is 2. The Hall–Kier alpha value is -1.90. The highest BCUT2D eigenvalue weighted by Gasteiger charge is 2.55. The summed E-state index contributed by atoms with van der Waals surface area (Å²) >= 11 is 0. The van der Waals surface area contributed by atoms with Crippen molar-refractivity contribution in [2.45, 2.75) is 52.4 Å². The zero-order chi connectivity index (χ0) is 18.6. The molecular weight excluding hydrogens is 332 g/mol. The Kier molecular flexibility index (Phi) is 3.86. The summed E-state index contributed by atoms with van der Waals surface area (Å²) in [5.74, 6) is 2.20. The van der Waals surface area contributed by atoms with Crippen LogP contribution in [0.2, 0.25) is 0 Å². The summed E-state index contributed by atoms with van der Waals surface area (Å²) in [6.07, 6.45) is 15.5. The van der Waals surface area contributed by atoms with Crippen LogP contribution in [0.5, 0.6) is 0 Å². The minimum absolute atomic E-state index is 0.159. The van der Waals surface area contributed by atoms with Crippen molar-refractivity contribution in [3.8, 4) is 0 Å². The second kappa shape index (κ2) is 6.05.